The molecule has 1 atom stereocenters. The number of carbonyl (C=O) groups is 1. The number of nitriles is 1. The molecule has 0 aliphatic rings. The minimum absolute atomic E-state index is 0.558. The molecule has 1 amide bonds. The van der Waals surface area contributed by atoms with Gasteiger partial charge in [-0.3, -0.25) is 10.2 Å². The molecule has 0 radical (unpaired) electrons. The van der Waals surface area contributed by atoms with E-state index in [9.17, 15) is 4.79 Å². The van der Waals surface area contributed by atoms with Crippen LogP contribution in [0, 0.1) is 16.7 Å². The van der Waals surface area contributed by atoms with Crippen LogP contribution in [0.4, 0.5) is 0 Å². The van der Waals surface area contributed by atoms with Crippen molar-refractivity contribution >= 4 is 11.6 Å². The lowest BCUT2D eigenvalue weighted by atomic mass is 10.2. The van der Waals surface area contributed by atoms with Gasteiger partial charge in [0, 0.05) is 0 Å². The van der Waals surface area contributed by atoms with Gasteiger partial charge in [-0.1, -0.05) is 0 Å². The number of nitrogens with two attached hydrogens (primary N) is 2. The topological polar surface area (TPSA) is 117 Å². The number of carbonyl (C=O) groups excluding carboxylic acids is 1. The maximum atomic E-state index is 10.1. The van der Waals surface area contributed by atoms with Crippen LogP contribution in [0.2, 0.25) is 0 Å². The van der Waals surface area contributed by atoms with Crippen LogP contribution in [0.15, 0.2) is 0 Å². The van der Waals surface area contributed by atoms with E-state index in [-0.39, 0.29) is 0 Å². The Hall–Kier alpha value is -1.41. The molecule has 0 aromatic carbocycles. The first-order valence-electron chi connectivity index (χ1n) is 2.13. The number of nitrogens with one attached hydrogen (secondary N) is 1. The van der Waals surface area contributed by atoms with E-state index < -0.39 is 17.7 Å². The average Bonchev–Trinajstić information content (AvgIpc) is 1.84. The smallest absolute Gasteiger partial charge is 0.265 e. The van der Waals surface area contributed by atoms with Gasteiger partial charge >= 0.3 is 0 Å². The standard InChI is InChI=1S/C4H6N4O/c5-1-2(6)3(7)4(8)9/h2,7H,6H2,(H2,8,9). The third kappa shape index (κ3) is 1.88. The molecule has 0 rings (SSSR count). The predicted octanol–water partition coefficient (Wildman–Crippen LogP) is -1.66. The number of amides is 1. The van der Waals surface area contributed by atoms with Gasteiger partial charge in [0.2, 0.25) is 0 Å². The van der Waals surface area contributed by atoms with Crippen LogP contribution in [0.25, 0.3) is 0 Å². The van der Waals surface area contributed by atoms with Gasteiger partial charge in [-0.25, -0.2) is 0 Å². The fourth-order valence-corrected chi connectivity index (χ4v) is 0.218. The van der Waals surface area contributed by atoms with Crippen molar-refractivity contribution in [1.82, 2.24) is 0 Å². The summed E-state index contributed by atoms with van der Waals surface area (Å²) in [4.78, 5) is 10.1. The zero-order valence-corrected chi connectivity index (χ0v) is 4.59. The van der Waals surface area contributed by atoms with Gasteiger partial charge in [0.25, 0.3) is 5.91 Å². The zero-order valence-electron chi connectivity index (χ0n) is 4.59. The molecule has 0 aliphatic heterocycles. The van der Waals surface area contributed by atoms with Gasteiger partial charge in [0.1, 0.15) is 11.8 Å². The van der Waals surface area contributed by atoms with Crippen molar-refractivity contribution in [3.63, 3.8) is 0 Å². The van der Waals surface area contributed by atoms with Crippen LogP contribution < -0.4 is 11.5 Å². The highest BCUT2D eigenvalue weighted by atomic mass is 16.1. The van der Waals surface area contributed by atoms with Crippen molar-refractivity contribution in [3.8, 4) is 6.07 Å². The number of hydrogen-bond donors (Lipinski definition) is 3. The molecule has 48 valence electrons. The highest BCUT2D eigenvalue weighted by molar-refractivity contribution is 6.39. The molecule has 5 nitrogen and oxygen atoms in total. The first-order chi connectivity index (χ1) is 4.09. The van der Waals surface area contributed by atoms with Gasteiger partial charge < -0.3 is 11.5 Å². The monoisotopic (exact) mass is 126 g/mol. The number of hydrogen-bond acceptors (Lipinski definition) is 4. The Balaban J connectivity index is 4.09. The molecule has 0 aromatic rings. The van der Waals surface area contributed by atoms with Crippen LogP contribution >= 0.6 is 0 Å². The van der Waals surface area contributed by atoms with Crippen molar-refractivity contribution in [2.45, 2.75) is 6.04 Å². The number of primary amides is 1. The normalized spacial score (nSPS) is 11.6. The maximum absolute atomic E-state index is 10.1. The summed E-state index contributed by atoms with van der Waals surface area (Å²) >= 11 is 0. The predicted molar refractivity (Wildman–Crippen MR) is 30.5 cm³/mol. The van der Waals surface area contributed by atoms with E-state index in [0.29, 0.717) is 0 Å². The summed E-state index contributed by atoms with van der Waals surface area (Å²) < 4.78 is 0. The van der Waals surface area contributed by atoms with Crippen molar-refractivity contribution < 1.29 is 4.79 Å². The van der Waals surface area contributed by atoms with E-state index in [4.69, 9.17) is 16.4 Å². The lowest BCUT2D eigenvalue weighted by Crippen LogP contribution is -2.37. The largest absolute Gasteiger partial charge is 0.364 e. The molecule has 5 N–H and O–H groups in total. The summed E-state index contributed by atoms with van der Waals surface area (Å²) in [6.45, 7) is 0. The second kappa shape index (κ2) is 2.79. The molecule has 1 unspecified atom stereocenters. The van der Waals surface area contributed by atoms with Crippen LogP contribution in [0.1, 0.15) is 0 Å². The summed E-state index contributed by atoms with van der Waals surface area (Å²) in [5.41, 5.74) is 8.99. The van der Waals surface area contributed by atoms with Gasteiger partial charge in [-0.15, -0.1) is 0 Å². The van der Waals surface area contributed by atoms with Crippen LogP contribution in [0.5, 0.6) is 0 Å². The fourth-order valence-electron chi connectivity index (χ4n) is 0.218. The highest BCUT2D eigenvalue weighted by Crippen LogP contribution is 1.76. The van der Waals surface area contributed by atoms with Crippen LogP contribution in [-0.4, -0.2) is 17.7 Å². The lowest BCUT2D eigenvalue weighted by molar-refractivity contribution is -0.112. The molecule has 0 heterocycles. The van der Waals surface area contributed by atoms with Crippen molar-refractivity contribution in [1.29, 1.82) is 10.7 Å². The van der Waals surface area contributed by atoms with Gasteiger partial charge in [-0.2, -0.15) is 5.26 Å². The summed E-state index contributed by atoms with van der Waals surface area (Å²) in [5, 5.41) is 14.8. The second-order valence-corrected chi connectivity index (χ2v) is 1.38. The molecule has 0 fully saturated rings. The van der Waals surface area contributed by atoms with E-state index in [1.165, 1.54) is 6.07 Å². The molecule has 5 heteroatoms. The SMILES string of the molecule is N#CC(N)C(=N)C(N)=O. The first-order valence-corrected chi connectivity index (χ1v) is 2.13. The zero-order chi connectivity index (χ0) is 7.44. The number of nitrogens with zero attached hydrogens (tertiary/aromatic N) is 1. The Morgan fingerprint density at radius 2 is 2.22 bits per heavy atom. The van der Waals surface area contributed by atoms with Gasteiger partial charge in [0.05, 0.1) is 6.07 Å². The Kier molecular flexibility index (Phi) is 2.35. The summed E-state index contributed by atoms with van der Waals surface area (Å²) in [6, 6.07) is 0.306. The van der Waals surface area contributed by atoms with E-state index in [0.717, 1.165) is 0 Å². The first kappa shape index (κ1) is 7.59. The molecular weight excluding hydrogens is 120 g/mol. The fraction of sp³-hybridized carbons (Fsp3) is 0.250. The van der Waals surface area contributed by atoms with Gasteiger partial charge in [0.15, 0.2) is 0 Å². The van der Waals surface area contributed by atoms with E-state index >= 15 is 0 Å². The Morgan fingerprint density at radius 1 is 1.78 bits per heavy atom. The maximum Gasteiger partial charge on any atom is 0.265 e. The molecule has 0 saturated carbocycles. The summed E-state index contributed by atoms with van der Waals surface area (Å²) in [6.07, 6.45) is 0. The molecule has 0 spiro atoms. The molecule has 0 bridgehead atoms. The van der Waals surface area contributed by atoms with E-state index in [1.54, 1.807) is 0 Å². The van der Waals surface area contributed by atoms with Crippen LogP contribution in [-0.2, 0) is 4.79 Å². The molecule has 9 heavy (non-hydrogen) atoms. The van der Waals surface area contributed by atoms with E-state index in [1.807, 2.05) is 0 Å². The highest BCUT2D eigenvalue weighted by Gasteiger charge is 2.12. The third-order valence-corrected chi connectivity index (χ3v) is 0.716. The Bertz CT molecular complexity index is 179. The molecular formula is C4H6N4O. The minimum Gasteiger partial charge on any atom is -0.364 e. The Labute approximate surface area is 51.8 Å². The average molecular weight is 126 g/mol. The number of rotatable bonds is 2. The van der Waals surface area contributed by atoms with E-state index in [2.05, 4.69) is 5.73 Å². The quantitative estimate of drug-likeness (QED) is 0.384. The molecule has 0 aliphatic carbocycles. The summed E-state index contributed by atoms with van der Waals surface area (Å²) in [5.74, 6) is -0.955. The third-order valence-electron chi connectivity index (χ3n) is 0.716. The van der Waals surface area contributed by atoms with Crippen molar-refractivity contribution in [3.05, 3.63) is 0 Å². The molecule has 0 saturated heterocycles. The van der Waals surface area contributed by atoms with Crippen molar-refractivity contribution in [2.75, 3.05) is 0 Å². The van der Waals surface area contributed by atoms with Gasteiger partial charge in [-0.05, 0) is 0 Å². The lowest BCUT2D eigenvalue weighted by Gasteiger charge is -1.97. The molecule has 0 aromatic heterocycles. The summed E-state index contributed by atoms with van der Waals surface area (Å²) in [7, 11) is 0. The second-order valence-electron chi connectivity index (χ2n) is 1.38. The minimum atomic E-state index is -1.19. The Morgan fingerprint density at radius 3 is 2.33 bits per heavy atom. The van der Waals surface area contributed by atoms with Crippen LogP contribution in [0.3, 0.4) is 0 Å². The van der Waals surface area contributed by atoms with Crippen molar-refractivity contribution in [2.24, 2.45) is 11.5 Å².